The average molecular weight is 346 g/mol. The average Bonchev–Trinajstić information content (AvgIpc) is 2.60. The Labute approximate surface area is 142 Å². The van der Waals surface area contributed by atoms with Crippen LogP contribution in [-0.2, 0) is 14.8 Å². The van der Waals surface area contributed by atoms with E-state index in [0.717, 1.165) is 17.2 Å². The molecule has 24 heavy (non-hydrogen) atoms. The molecular weight excluding hydrogens is 324 g/mol. The predicted octanol–water partition coefficient (Wildman–Crippen LogP) is 2.33. The highest BCUT2D eigenvalue weighted by Crippen LogP contribution is 2.26. The number of carbonyl (C=O) groups excluding carboxylic acids is 1. The SMILES string of the molecule is CN(C)C(=O)[C@H]1CCCN(S(=O)(=O)c2ccc3ccccc3c2)C1. The first-order valence-corrected chi connectivity index (χ1v) is 9.54. The largest absolute Gasteiger partial charge is 0.349 e. The lowest BCUT2D eigenvalue weighted by Crippen LogP contribution is -2.45. The van der Waals surface area contributed by atoms with E-state index < -0.39 is 10.0 Å². The number of piperidine rings is 1. The van der Waals surface area contributed by atoms with Gasteiger partial charge >= 0.3 is 0 Å². The standard InChI is InChI=1S/C18H22N2O3S/c1-19(2)18(21)16-8-5-11-20(13-16)24(22,23)17-10-9-14-6-3-4-7-15(14)12-17/h3-4,6-7,9-10,12,16H,5,8,11,13H2,1-2H3/t16-/m0/s1. The monoisotopic (exact) mass is 346 g/mol. The van der Waals surface area contributed by atoms with Gasteiger partial charge in [-0.1, -0.05) is 30.3 Å². The second-order valence-corrected chi connectivity index (χ2v) is 8.38. The van der Waals surface area contributed by atoms with Gasteiger partial charge in [0.1, 0.15) is 0 Å². The molecule has 1 amide bonds. The molecule has 3 rings (SSSR count). The molecule has 1 aliphatic rings. The highest BCUT2D eigenvalue weighted by atomic mass is 32.2. The van der Waals surface area contributed by atoms with Gasteiger partial charge in [0.05, 0.1) is 10.8 Å². The van der Waals surface area contributed by atoms with Crippen molar-refractivity contribution in [1.82, 2.24) is 9.21 Å². The van der Waals surface area contributed by atoms with Gasteiger partial charge in [-0.25, -0.2) is 8.42 Å². The number of hydrogen-bond acceptors (Lipinski definition) is 3. The molecule has 0 N–H and O–H groups in total. The predicted molar refractivity (Wildman–Crippen MR) is 94.1 cm³/mol. The number of carbonyl (C=O) groups is 1. The lowest BCUT2D eigenvalue weighted by atomic mass is 9.98. The van der Waals surface area contributed by atoms with Crippen LogP contribution in [0.2, 0.25) is 0 Å². The van der Waals surface area contributed by atoms with Crippen LogP contribution in [0.1, 0.15) is 12.8 Å². The van der Waals surface area contributed by atoms with Crippen LogP contribution in [0.4, 0.5) is 0 Å². The van der Waals surface area contributed by atoms with Crippen molar-refractivity contribution < 1.29 is 13.2 Å². The molecule has 0 spiro atoms. The second-order valence-electron chi connectivity index (χ2n) is 6.44. The van der Waals surface area contributed by atoms with Crippen molar-refractivity contribution in [3.05, 3.63) is 42.5 Å². The number of fused-ring (bicyclic) bond motifs is 1. The van der Waals surface area contributed by atoms with E-state index in [2.05, 4.69) is 0 Å². The maximum Gasteiger partial charge on any atom is 0.243 e. The van der Waals surface area contributed by atoms with Gasteiger partial charge in [0.25, 0.3) is 0 Å². The first-order valence-electron chi connectivity index (χ1n) is 8.10. The Bertz CT molecular complexity index is 861. The van der Waals surface area contributed by atoms with E-state index in [1.165, 1.54) is 9.21 Å². The Morgan fingerprint density at radius 2 is 1.83 bits per heavy atom. The van der Waals surface area contributed by atoms with Crippen LogP contribution in [0.3, 0.4) is 0 Å². The quantitative estimate of drug-likeness (QED) is 0.857. The van der Waals surface area contributed by atoms with Crippen LogP contribution in [0.15, 0.2) is 47.4 Å². The van der Waals surface area contributed by atoms with E-state index in [1.54, 1.807) is 26.2 Å². The fourth-order valence-corrected chi connectivity index (χ4v) is 4.76. The zero-order valence-electron chi connectivity index (χ0n) is 14.0. The zero-order valence-corrected chi connectivity index (χ0v) is 14.8. The molecule has 128 valence electrons. The number of sulfonamides is 1. The van der Waals surface area contributed by atoms with Crippen LogP contribution in [0.25, 0.3) is 10.8 Å². The van der Waals surface area contributed by atoms with Gasteiger partial charge in [-0.2, -0.15) is 4.31 Å². The molecule has 1 atom stereocenters. The van der Waals surface area contributed by atoms with Gasteiger partial charge < -0.3 is 4.90 Å². The second kappa shape index (κ2) is 6.53. The van der Waals surface area contributed by atoms with Crippen molar-refractivity contribution in [2.75, 3.05) is 27.2 Å². The molecule has 0 bridgehead atoms. The molecule has 1 fully saturated rings. The minimum Gasteiger partial charge on any atom is -0.349 e. The van der Waals surface area contributed by atoms with Gasteiger partial charge in [-0.05, 0) is 35.7 Å². The summed E-state index contributed by atoms with van der Waals surface area (Å²) in [4.78, 5) is 14.0. The van der Waals surface area contributed by atoms with Crippen LogP contribution >= 0.6 is 0 Å². The molecule has 1 heterocycles. The van der Waals surface area contributed by atoms with E-state index in [-0.39, 0.29) is 18.4 Å². The highest BCUT2D eigenvalue weighted by molar-refractivity contribution is 7.89. The van der Waals surface area contributed by atoms with Gasteiger partial charge in [0.2, 0.25) is 15.9 Å². The highest BCUT2D eigenvalue weighted by Gasteiger charge is 2.33. The number of hydrogen-bond donors (Lipinski definition) is 0. The molecule has 0 radical (unpaired) electrons. The summed E-state index contributed by atoms with van der Waals surface area (Å²) in [6, 6.07) is 12.9. The molecule has 0 unspecified atom stereocenters. The molecule has 0 aliphatic carbocycles. The summed E-state index contributed by atoms with van der Waals surface area (Å²) in [6.45, 7) is 0.721. The topological polar surface area (TPSA) is 57.7 Å². The molecule has 2 aromatic rings. The summed E-state index contributed by atoms with van der Waals surface area (Å²) in [5.74, 6) is -0.266. The van der Waals surface area contributed by atoms with Crippen LogP contribution in [0, 0.1) is 5.92 Å². The van der Waals surface area contributed by atoms with E-state index >= 15 is 0 Å². The Balaban J connectivity index is 1.89. The van der Waals surface area contributed by atoms with Crippen molar-refractivity contribution >= 4 is 26.7 Å². The van der Waals surface area contributed by atoms with E-state index in [4.69, 9.17) is 0 Å². The first-order chi connectivity index (χ1) is 11.4. The van der Waals surface area contributed by atoms with Crippen LogP contribution in [-0.4, -0.2) is 50.7 Å². The molecule has 0 aromatic heterocycles. The maximum atomic E-state index is 13.0. The van der Waals surface area contributed by atoms with Gasteiger partial charge in [0.15, 0.2) is 0 Å². The van der Waals surface area contributed by atoms with Crippen molar-refractivity contribution in [3.8, 4) is 0 Å². The van der Waals surface area contributed by atoms with Crippen molar-refractivity contribution in [2.24, 2.45) is 5.92 Å². The van der Waals surface area contributed by atoms with Crippen molar-refractivity contribution in [3.63, 3.8) is 0 Å². The summed E-state index contributed by atoms with van der Waals surface area (Å²) in [7, 11) is -0.168. The minimum absolute atomic E-state index is 0.00610. The first kappa shape index (κ1) is 16.9. The number of nitrogens with zero attached hydrogens (tertiary/aromatic N) is 2. The third kappa shape index (κ3) is 3.16. The molecule has 1 aliphatic heterocycles. The van der Waals surface area contributed by atoms with Gasteiger partial charge in [-0.3, -0.25) is 4.79 Å². The lowest BCUT2D eigenvalue weighted by Gasteiger charge is -2.32. The van der Waals surface area contributed by atoms with Crippen molar-refractivity contribution in [1.29, 1.82) is 0 Å². The fourth-order valence-electron chi connectivity index (χ4n) is 3.20. The number of amides is 1. The minimum atomic E-state index is -3.58. The molecule has 1 saturated heterocycles. The summed E-state index contributed by atoms with van der Waals surface area (Å²) >= 11 is 0. The zero-order chi connectivity index (χ0) is 17.3. The molecule has 0 saturated carbocycles. The van der Waals surface area contributed by atoms with Crippen molar-refractivity contribution in [2.45, 2.75) is 17.7 Å². The van der Waals surface area contributed by atoms with Crippen LogP contribution in [0.5, 0.6) is 0 Å². The van der Waals surface area contributed by atoms with E-state index in [0.29, 0.717) is 17.9 Å². The van der Waals surface area contributed by atoms with Crippen LogP contribution < -0.4 is 0 Å². The third-order valence-corrected chi connectivity index (χ3v) is 6.39. The van der Waals surface area contributed by atoms with E-state index in [9.17, 15) is 13.2 Å². The summed E-state index contributed by atoms with van der Waals surface area (Å²) < 4.78 is 27.4. The normalized spacial score (nSPS) is 19.3. The molecule has 2 aromatic carbocycles. The molecule has 5 nitrogen and oxygen atoms in total. The third-order valence-electron chi connectivity index (χ3n) is 4.53. The lowest BCUT2D eigenvalue weighted by molar-refractivity contribution is -0.134. The molecule has 6 heteroatoms. The Hall–Kier alpha value is -1.92. The van der Waals surface area contributed by atoms with E-state index in [1.807, 2.05) is 30.3 Å². The fraction of sp³-hybridized carbons (Fsp3) is 0.389. The Kier molecular flexibility index (Phi) is 4.60. The molecular formula is C18H22N2O3S. The Morgan fingerprint density at radius 1 is 1.12 bits per heavy atom. The summed E-state index contributed by atoms with van der Waals surface area (Å²) in [6.07, 6.45) is 1.44. The summed E-state index contributed by atoms with van der Waals surface area (Å²) in [5, 5.41) is 1.91. The number of rotatable bonds is 3. The smallest absolute Gasteiger partial charge is 0.243 e. The maximum absolute atomic E-state index is 13.0. The number of benzene rings is 2. The van der Waals surface area contributed by atoms with Gasteiger partial charge in [-0.15, -0.1) is 0 Å². The Morgan fingerprint density at radius 3 is 2.54 bits per heavy atom. The van der Waals surface area contributed by atoms with Gasteiger partial charge in [0, 0.05) is 27.2 Å². The summed E-state index contributed by atoms with van der Waals surface area (Å²) in [5.41, 5.74) is 0.